The van der Waals surface area contributed by atoms with Crippen LogP contribution in [-0.4, -0.2) is 21.8 Å². The number of aromatic hydroxyl groups is 1. The predicted octanol–water partition coefficient (Wildman–Crippen LogP) is 3.73. The van der Waals surface area contributed by atoms with E-state index in [-0.39, 0.29) is 29.0 Å². The summed E-state index contributed by atoms with van der Waals surface area (Å²) in [6.07, 6.45) is 7.17. The molecule has 4 nitrogen and oxygen atoms in total. The smallest absolute Gasteiger partial charge is 0.196 e. The molecule has 0 heterocycles. The molecule has 0 amide bonds. The maximum Gasteiger partial charge on any atom is 0.196 e. The van der Waals surface area contributed by atoms with Crippen LogP contribution in [0.5, 0.6) is 5.75 Å². The second-order valence-electron chi connectivity index (χ2n) is 6.76. The standard InChI is InChI=1S/C21H18O4/c1-11(15-7-5-12-6-8-17(23)18(12)21(15)25)9-14-10-13-3-2-4-16(22)19(13)20(14)24/h2-5,7,9,14,22-23H,6,8,10H2,1H3/b11-9-. The number of carbonyl (C=O) groups excluding carboxylic acids is 2. The molecule has 4 heteroatoms. The third-order valence-corrected chi connectivity index (χ3v) is 5.19. The Bertz CT molecular complexity index is 941. The minimum Gasteiger partial charge on any atom is -0.512 e. The van der Waals surface area contributed by atoms with Gasteiger partial charge in [-0.3, -0.25) is 9.59 Å². The molecular weight excluding hydrogens is 316 g/mol. The van der Waals surface area contributed by atoms with Crippen molar-refractivity contribution in [3.8, 4) is 5.75 Å². The van der Waals surface area contributed by atoms with E-state index in [0.29, 0.717) is 36.0 Å². The minimum absolute atomic E-state index is 0.0117. The summed E-state index contributed by atoms with van der Waals surface area (Å²) in [5, 5.41) is 19.9. The van der Waals surface area contributed by atoms with Gasteiger partial charge in [0, 0.05) is 17.9 Å². The Morgan fingerprint density at radius 3 is 2.72 bits per heavy atom. The van der Waals surface area contributed by atoms with Crippen molar-refractivity contribution in [2.24, 2.45) is 5.92 Å². The number of fused-ring (bicyclic) bond motifs is 2. The highest BCUT2D eigenvalue weighted by Gasteiger charge is 2.33. The van der Waals surface area contributed by atoms with E-state index in [0.717, 1.165) is 16.7 Å². The summed E-state index contributed by atoms with van der Waals surface area (Å²) < 4.78 is 0. The van der Waals surface area contributed by atoms with Crippen LogP contribution < -0.4 is 0 Å². The first-order valence-electron chi connectivity index (χ1n) is 8.39. The number of benzene rings is 1. The molecular formula is C21H18O4. The lowest BCUT2D eigenvalue weighted by molar-refractivity contribution is -0.112. The van der Waals surface area contributed by atoms with Gasteiger partial charge in [0.1, 0.15) is 11.5 Å². The average Bonchev–Trinajstić information content (AvgIpc) is 3.10. The van der Waals surface area contributed by atoms with E-state index >= 15 is 0 Å². The zero-order chi connectivity index (χ0) is 17.7. The van der Waals surface area contributed by atoms with Gasteiger partial charge < -0.3 is 10.2 Å². The molecule has 0 radical (unpaired) electrons. The predicted molar refractivity (Wildman–Crippen MR) is 93.5 cm³/mol. The Hall–Kier alpha value is -2.88. The molecule has 0 spiro atoms. The lowest BCUT2D eigenvalue weighted by Crippen LogP contribution is -2.14. The SMILES string of the molecule is C/C(=C/C1Cc2cccc(O)c2C1=O)C1=CC=C2CCC(O)=C2C1=O. The Kier molecular flexibility index (Phi) is 3.49. The van der Waals surface area contributed by atoms with E-state index in [2.05, 4.69) is 0 Å². The number of ketones is 2. The Labute approximate surface area is 145 Å². The van der Waals surface area contributed by atoms with Crippen molar-refractivity contribution in [2.45, 2.75) is 26.2 Å². The van der Waals surface area contributed by atoms with Crippen LogP contribution in [0.2, 0.25) is 0 Å². The monoisotopic (exact) mass is 334 g/mol. The van der Waals surface area contributed by atoms with Gasteiger partial charge in [0.25, 0.3) is 0 Å². The fourth-order valence-electron chi connectivity index (χ4n) is 3.92. The van der Waals surface area contributed by atoms with Crippen LogP contribution in [0.25, 0.3) is 0 Å². The topological polar surface area (TPSA) is 74.6 Å². The molecule has 0 aromatic heterocycles. The molecule has 0 saturated carbocycles. The number of hydrogen-bond donors (Lipinski definition) is 2. The average molecular weight is 334 g/mol. The zero-order valence-electron chi connectivity index (χ0n) is 13.9. The van der Waals surface area contributed by atoms with Crippen molar-refractivity contribution in [3.63, 3.8) is 0 Å². The Morgan fingerprint density at radius 2 is 1.96 bits per heavy atom. The van der Waals surface area contributed by atoms with Gasteiger partial charge in [0.15, 0.2) is 11.6 Å². The summed E-state index contributed by atoms with van der Waals surface area (Å²) in [5.41, 5.74) is 3.76. The van der Waals surface area contributed by atoms with Crippen molar-refractivity contribution in [3.05, 3.63) is 75.6 Å². The number of rotatable bonds is 2. The highest BCUT2D eigenvalue weighted by molar-refractivity contribution is 6.16. The summed E-state index contributed by atoms with van der Waals surface area (Å²) in [4.78, 5) is 25.3. The van der Waals surface area contributed by atoms with Crippen molar-refractivity contribution >= 4 is 11.6 Å². The number of Topliss-reactive ketones (excluding diaryl/α,β-unsaturated/α-hetero) is 2. The maximum atomic E-state index is 12.7. The van der Waals surface area contributed by atoms with Gasteiger partial charge in [0.05, 0.1) is 11.1 Å². The van der Waals surface area contributed by atoms with E-state index in [1.165, 1.54) is 6.07 Å². The van der Waals surface area contributed by atoms with Crippen LogP contribution in [0.4, 0.5) is 0 Å². The fraction of sp³-hybridized carbons (Fsp3) is 0.238. The first-order valence-corrected chi connectivity index (χ1v) is 8.39. The summed E-state index contributed by atoms with van der Waals surface area (Å²) in [6, 6.07) is 5.09. The van der Waals surface area contributed by atoms with Crippen LogP contribution in [0.15, 0.2) is 64.5 Å². The maximum absolute atomic E-state index is 12.7. The molecule has 3 aliphatic rings. The number of allylic oxidation sites excluding steroid dienone is 8. The minimum atomic E-state index is -0.381. The van der Waals surface area contributed by atoms with Gasteiger partial charge in [-0.25, -0.2) is 0 Å². The number of phenolic OH excluding ortho intramolecular Hbond substituents is 1. The first kappa shape index (κ1) is 15.6. The van der Waals surface area contributed by atoms with Gasteiger partial charge in [-0.2, -0.15) is 0 Å². The van der Waals surface area contributed by atoms with Crippen LogP contribution in [0.1, 0.15) is 35.7 Å². The third-order valence-electron chi connectivity index (χ3n) is 5.19. The second-order valence-corrected chi connectivity index (χ2v) is 6.76. The summed E-state index contributed by atoms with van der Waals surface area (Å²) in [6.45, 7) is 1.81. The third kappa shape index (κ3) is 2.37. The van der Waals surface area contributed by atoms with E-state index in [4.69, 9.17) is 0 Å². The normalized spacial score (nSPS) is 22.8. The number of carbonyl (C=O) groups is 2. The Balaban J connectivity index is 1.66. The molecule has 1 aromatic rings. The van der Waals surface area contributed by atoms with Crippen molar-refractivity contribution in [2.75, 3.05) is 0 Å². The number of hydrogen-bond acceptors (Lipinski definition) is 4. The molecule has 0 aliphatic heterocycles. The van der Waals surface area contributed by atoms with Gasteiger partial charge in [-0.15, -0.1) is 0 Å². The van der Waals surface area contributed by atoms with Gasteiger partial charge in [-0.05, 0) is 42.5 Å². The number of phenols is 1. The molecule has 3 aliphatic carbocycles. The van der Waals surface area contributed by atoms with Gasteiger partial charge in [-0.1, -0.05) is 30.4 Å². The van der Waals surface area contributed by atoms with E-state index in [9.17, 15) is 19.8 Å². The molecule has 1 unspecified atom stereocenters. The lowest BCUT2D eigenvalue weighted by atomic mass is 9.87. The van der Waals surface area contributed by atoms with E-state index in [1.54, 1.807) is 18.2 Å². The van der Waals surface area contributed by atoms with E-state index < -0.39 is 0 Å². The molecule has 4 rings (SSSR count). The van der Waals surface area contributed by atoms with Crippen molar-refractivity contribution in [1.82, 2.24) is 0 Å². The summed E-state index contributed by atoms with van der Waals surface area (Å²) in [5.74, 6) is -0.502. The highest BCUT2D eigenvalue weighted by Crippen LogP contribution is 2.38. The van der Waals surface area contributed by atoms with Crippen LogP contribution >= 0.6 is 0 Å². The first-order chi connectivity index (χ1) is 12.0. The molecule has 0 bridgehead atoms. The molecule has 1 atom stereocenters. The molecule has 0 fully saturated rings. The number of aliphatic hydroxyl groups is 1. The highest BCUT2D eigenvalue weighted by atomic mass is 16.3. The van der Waals surface area contributed by atoms with Gasteiger partial charge >= 0.3 is 0 Å². The van der Waals surface area contributed by atoms with Crippen LogP contribution in [0, 0.1) is 5.92 Å². The largest absolute Gasteiger partial charge is 0.512 e. The second kappa shape index (κ2) is 5.59. The molecule has 0 saturated heterocycles. The van der Waals surface area contributed by atoms with E-state index in [1.807, 2.05) is 19.1 Å². The molecule has 126 valence electrons. The van der Waals surface area contributed by atoms with Gasteiger partial charge in [0.2, 0.25) is 0 Å². The molecule has 25 heavy (non-hydrogen) atoms. The van der Waals surface area contributed by atoms with Crippen LogP contribution in [0.3, 0.4) is 0 Å². The zero-order valence-corrected chi connectivity index (χ0v) is 13.9. The molecule has 1 aromatic carbocycles. The number of aliphatic hydroxyl groups excluding tert-OH is 1. The quantitative estimate of drug-likeness (QED) is 0.864. The van der Waals surface area contributed by atoms with Crippen molar-refractivity contribution < 1.29 is 19.8 Å². The Morgan fingerprint density at radius 1 is 1.16 bits per heavy atom. The van der Waals surface area contributed by atoms with Crippen LogP contribution in [-0.2, 0) is 11.2 Å². The molecule has 2 N–H and O–H groups in total. The summed E-state index contributed by atoms with van der Waals surface area (Å²) in [7, 11) is 0. The lowest BCUT2D eigenvalue weighted by Gasteiger charge is -2.15. The fourth-order valence-corrected chi connectivity index (χ4v) is 3.92. The summed E-state index contributed by atoms with van der Waals surface area (Å²) >= 11 is 0. The van der Waals surface area contributed by atoms with Crippen molar-refractivity contribution in [1.29, 1.82) is 0 Å².